The van der Waals surface area contributed by atoms with Gasteiger partial charge in [0.25, 0.3) is 0 Å². The maximum absolute atomic E-state index is 11.3. The average Bonchev–Trinajstić information content (AvgIpc) is 2.47. The number of carbonyl (C=O) groups is 2. The van der Waals surface area contributed by atoms with Gasteiger partial charge in [-0.05, 0) is 12.8 Å². The van der Waals surface area contributed by atoms with Crippen LogP contribution in [-0.4, -0.2) is 70.0 Å². The Labute approximate surface area is 129 Å². The minimum absolute atomic E-state index is 0.130. The monoisotopic (exact) mass is 322 g/mol. The molecule has 0 spiro atoms. The highest BCUT2D eigenvalue weighted by atomic mass is 16.6. The number of ether oxygens (including phenoxy) is 2. The second-order valence-electron chi connectivity index (χ2n) is 4.95. The molecule has 0 aromatic carbocycles. The highest BCUT2D eigenvalue weighted by Gasteiger charge is 2.41. The molecule has 4 atom stereocenters. The Kier molecular flexibility index (Phi) is 10.7. The van der Waals surface area contributed by atoms with Gasteiger partial charge in [0.2, 0.25) is 0 Å². The largest absolute Gasteiger partial charge is 0.479 e. The van der Waals surface area contributed by atoms with Gasteiger partial charge in [-0.25, -0.2) is 9.59 Å². The van der Waals surface area contributed by atoms with Crippen LogP contribution in [0.25, 0.3) is 0 Å². The van der Waals surface area contributed by atoms with Crippen LogP contribution >= 0.6 is 0 Å². The Hall–Kier alpha value is -1.22. The Bertz CT molecular complexity index is 333. The third-order valence-electron chi connectivity index (χ3n) is 3.06. The van der Waals surface area contributed by atoms with E-state index in [9.17, 15) is 24.9 Å². The Morgan fingerprint density at radius 3 is 1.82 bits per heavy atom. The fourth-order valence-electron chi connectivity index (χ4n) is 1.72. The van der Waals surface area contributed by atoms with Gasteiger partial charge >= 0.3 is 11.9 Å². The zero-order chi connectivity index (χ0) is 17.1. The molecule has 0 aliphatic carbocycles. The molecule has 0 radical (unpaired) electrons. The zero-order valence-electron chi connectivity index (χ0n) is 13.0. The molecule has 130 valence electrons. The van der Waals surface area contributed by atoms with Gasteiger partial charge < -0.3 is 29.9 Å². The number of aliphatic carboxylic acids is 2. The van der Waals surface area contributed by atoms with Crippen LogP contribution in [0.2, 0.25) is 0 Å². The molecule has 0 aromatic heterocycles. The van der Waals surface area contributed by atoms with E-state index in [1.54, 1.807) is 0 Å². The lowest BCUT2D eigenvalue weighted by atomic mass is 10.0. The van der Waals surface area contributed by atoms with E-state index in [1.165, 1.54) is 0 Å². The van der Waals surface area contributed by atoms with E-state index >= 15 is 0 Å². The third kappa shape index (κ3) is 7.17. The van der Waals surface area contributed by atoms with E-state index < -0.39 is 36.4 Å². The molecule has 0 saturated carbocycles. The number of carboxylic acid groups (broad SMARTS) is 2. The van der Waals surface area contributed by atoms with Crippen molar-refractivity contribution >= 4 is 11.9 Å². The first-order valence-corrected chi connectivity index (χ1v) is 7.41. The molecular formula is C14H26O8. The van der Waals surface area contributed by atoms with Gasteiger partial charge in [0, 0.05) is 13.2 Å². The molecule has 0 amide bonds. The molecule has 0 unspecified atom stereocenters. The van der Waals surface area contributed by atoms with Gasteiger partial charge in [0.05, 0.1) is 0 Å². The summed E-state index contributed by atoms with van der Waals surface area (Å²) in [6.07, 6.45) is -4.29. The summed E-state index contributed by atoms with van der Waals surface area (Å²) in [7, 11) is 0. The first-order valence-electron chi connectivity index (χ1n) is 7.41. The summed E-state index contributed by atoms with van der Waals surface area (Å²) in [5, 5.41) is 37.3. The van der Waals surface area contributed by atoms with Crippen LogP contribution in [0.5, 0.6) is 0 Å². The highest BCUT2D eigenvalue weighted by molar-refractivity contribution is 5.75. The molecule has 0 heterocycles. The number of aliphatic hydroxyl groups excluding tert-OH is 2. The number of unbranched alkanes of at least 4 members (excludes halogenated alkanes) is 2. The first-order chi connectivity index (χ1) is 10.4. The first kappa shape index (κ1) is 20.8. The number of hydrogen-bond donors (Lipinski definition) is 4. The van der Waals surface area contributed by atoms with Crippen LogP contribution in [-0.2, 0) is 19.1 Å². The smallest absolute Gasteiger partial charge is 0.335 e. The molecule has 4 N–H and O–H groups in total. The van der Waals surface area contributed by atoms with Gasteiger partial charge in [-0.2, -0.15) is 0 Å². The third-order valence-corrected chi connectivity index (χ3v) is 3.06. The highest BCUT2D eigenvalue weighted by Crippen LogP contribution is 2.15. The van der Waals surface area contributed by atoms with E-state index in [0.29, 0.717) is 12.8 Å². The van der Waals surface area contributed by atoms with Crippen molar-refractivity contribution in [3.8, 4) is 0 Å². The van der Waals surface area contributed by atoms with Crippen molar-refractivity contribution < 1.29 is 39.5 Å². The Balaban J connectivity index is 5.03. The van der Waals surface area contributed by atoms with E-state index in [0.717, 1.165) is 12.8 Å². The topological polar surface area (TPSA) is 134 Å². The van der Waals surface area contributed by atoms with Crippen molar-refractivity contribution in [1.29, 1.82) is 0 Å². The number of hydrogen-bond acceptors (Lipinski definition) is 6. The SMILES string of the molecule is CCCCO[C@@H]([C@H](O)[C@H](O)C(=O)O)[C@@H](OCCCC)C(=O)O. The van der Waals surface area contributed by atoms with Crippen molar-refractivity contribution in [2.75, 3.05) is 13.2 Å². The molecule has 0 aliphatic heterocycles. The van der Waals surface area contributed by atoms with Crippen LogP contribution in [0, 0.1) is 0 Å². The van der Waals surface area contributed by atoms with Crippen molar-refractivity contribution in [3.63, 3.8) is 0 Å². The number of carboxylic acids is 2. The van der Waals surface area contributed by atoms with E-state index in [4.69, 9.17) is 14.6 Å². The van der Waals surface area contributed by atoms with Gasteiger partial charge in [-0.1, -0.05) is 26.7 Å². The normalized spacial score (nSPS) is 16.7. The van der Waals surface area contributed by atoms with Crippen molar-refractivity contribution in [2.45, 2.75) is 63.9 Å². The molecule has 0 aliphatic rings. The maximum Gasteiger partial charge on any atom is 0.335 e. The van der Waals surface area contributed by atoms with E-state index in [2.05, 4.69) is 0 Å². The van der Waals surface area contributed by atoms with E-state index in [-0.39, 0.29) is 13.2 Å². The molecule has 8 heteroatoms. The minimum atomic E-state index is -2.15. The van der Waals surface area contributed by atoms with Crippen LogP contribution < -0.4 is 0 Å². The maximum atomic E-state index is 11.3. The Morgan fingerprint density at radius 1 is 0.909 bits per heavy atom. The molecule has 0 rings (SSSR count). The molecule has 22 heavy (non-hydrogen) atoms. The lowest BCUT2D eigenvalue weighted by Gasteiger charge is -2.29. The summed E-state index contributed by atoms with van der Waals surface area (Å²) in [5.41, 5.74) is 0. The molecule has 0 bridgehead atoms. The molecule has 8 nitrogen and oxygen atoms in total. The lowest BCUT2D eigenvalue weighted by Crippen LogP contribution is -2.52. The van der Waals surface area contributed by atoms with Crippen molar-refractivity contribution in [1.82, 2.24) is 0 Å². The van der Waals surface area contributed by atoms with Crippen LogP contribution in [0.15, 0.2) is 0 Å². The zero-order valence-corrected chi connectivity index (χ0v) is 13.0. The molecule has 0 aromatic rings. The fourth-order valence-corrected chi connectivity index (χ4v) is 1.72. The molecule has 0 saturated heterocycles. The van der Waals surface area contributed by atoms with Gasteiger partial charge in [0.15, 0.2) is 12.2 Å². The molecule has 0 fully saturated rings. The second-order valence-corrected chi connectivity index (χ2v) is 4.95. The lowest BCUT2D eigenvalue weighted by molar-refractivity contribution is -0.187. The summed E-state index contributed by atoms with van der Waals surface area (Å²) < 4.78 is 10.5. The standard InChI is InChI=1S/C14H26O8/c1-3-5-7-21-11(9(15)10(16)13(17)18)12(14(19)20)22-8-6-4-2/h9-12,15-16H,3-8H2,1-2H3,(H,17,18)(H,19,20)/t9-,10+,11+,12-/m1/s1. The molecular weight excluding hydrogens is 296 g/mol. The predicted octanol–water partition coefficient (Wildman–Crippen LogP) is 0.248. The Morgan fingerprint density at radius 2 is 1.41 bits per heavy atom. The summed E-state index contributed by atoms with van der Waals surface area (Å²) >= 11 is 0. The summed E-state index contributed by atoms with van der Waals surface area (Å²) in [5.74, 6) is -3.04. The van der Waals surface area contributed by atoms with Crippen LogP contribution in [0.3, 0.4) is 0 Å². The van der Waals surface area contributed by atoms with Gasteiger partial charge in [-0.3, -0.25) is 0 Å². The number of aliphatic hydroxyl groups is 2. The second kappa shape index (κ2) is 11.4. The van der Waals surface area contributed by atoms with E-state index in [1.807, 2.05) is 13.8 Å². The van der Waals surface area contributed by atoms with Gasteiger partial charge in [-0.15, -0.1) is 0 Å². The van der Waals surface area contributed by atoms with Crippen LogP contribution in [0.4, 0.5) is 0 Å². The summed E-state index contributed by atoms with van der Waals surface area (Å²) in [6.45, 7) is 4.06. The van der Waals surface area contributed by atoms with Gasteiger partial charge in [0.1, 0.15) is 12.2 Å². The number of rotatable bonds is 13. The summed E-state index contributed by atoms with van der Waals surface area (Å²) in [4.78, 5) is 22.1. The predicted molar refractivity (Wildman–Crippen MR) is 76.6 cm³/mol. The van der Waals surface area contributed by atoms with Crippen molar-refractivity contribution in [3.05, 3.63) is 0 Å². The minimum Gasteiger partial charge on any atom is -0.479 e. The van der Waals surface area contributed by atoms with Crippen LogP contribution in [0.1, 0.15) is 39.5 Å². The van der Waals surface area contributed by atoms with Crippen molar-refractivity contribution in [2.24, 2.45) is 0 Å². The quantitative estimate of drug-likeness (QED) is 0.355. The fraction of sp³-hybridized carbons (Fsp3) is 0.857. The summed E-state index contributed by atoms with van der Waals surface area (Å²) in [6, 6.07) is 0. The average molecular weight is 322 g/mol.